The number of carbonyl (C=O) groups excluding carboxylic acids is 2. The Morgan fingerprint density at radius 3 is 2.19 bits per heavy atom. The fraction of sp³-hybridized carbons (Fsp3) is 0.619. The number of nitrogens with one attached hydrogen (secondary N) is 1. The molecule has 148 valence electrons. The zero-order chi connectivity index (χ0) is 19.1. The van der Waals surface area contributed by atoms with Crippen LogP contribution in [0.15, 0.2) is 24.3 Å². The zero-order valence-electron chi connectivity index (χ0n) is 16.5. The molecule has 2 amide bonds. The Morgan fingerprint density at radius 1 is 0.926 bits per heavy atom. The summed E-state index contributed by atoms with van der Waals surface area (Å²) in [6.45, 7) is 9.78. The normalized spacial score (nSPS) is 18.6. The number of piperazine rings is 1. The lowest BCUT2D eigenvalue weighted by Crippen LogP contribution is -2.49. The lowest BCUT2D eigenvalue weighted by atomic mass is 10.1. The van der Waals surface area contributed by atoms with Crippen LogP contribution in [0.4, 0.5) is 0 Å². The molecule has 1 N–H and O–H groups in total. The third-order valence-electron chi connectivity index (χ3n) is 5.40. The summed E-state index contributed by atoms with van der Waals surface area (Å²) < 4.78 is 0. The number of hydrogen-bond acceptors (Lipinski definition) is 4. The predicted octanol–water partition coefficient (Wildman–Crippen LogP) is 1.57. The Balaban J connectivity index is 1.42. The highest BCUT2D eigenvalue weighted by atomic mass is 16.2. The largest absolute Gasteiger partial charge is 0.355 e. The van der Waals surface area contributed by atoms with E-state index in [1.807, 2.05) is 17.0 Å². The van der Waals surface area contributed by atoms with E-state index < -0.39 is 0 Å². The topological polar surface area (TPSA) is 55.9 Å². The summed E-state index contributed by atoms with van der Waals surface area (Å²) in [5.74, 6) is 0.289. The number of benzene rings is 1. The second-order valence-corrected chi connectivity index (χ2v) is 7.60. The van der Waals surface area contributed by atoms with Gasteiger partial charge in [0.15, 0.2) is 0 Å². The molecule has 2 saturated heterocycles. The molecule has 0 unspecified atom stereocenters. The van der Waals surface area contributed by atoms with Crippen LogP contribution in [0.1, 0.15) is 42.1 Å². The van der Waals surface area contributed by atoms with Crippen LogP contribution in [-0.2, 0) is 11.3 Å². The monoisotopic (exact) mass is 372 g/mol. The highest BCUT2D eigenvalue weighted by Crippen LogP contribution is 2.15. The van der Waals surface area contributed by atoms with E-state index in [0.29, 0.717) is 6.54 Å². The van der Waals surface area contributed by atoms with Gasteiger partial charge in [-0.3, -0.25) is 19.4 Å². The van der Waals surface area contributed by atoms with Gasteiger partial charge in [0.05, 0.1) is 6.54 Å². The van der Waals surface area contributed by atoms with Gasteiger partial charge in [-0.05, 0) is 37.0 Å². The summed E-state index contributed by atoms with van der Waals surface area (Å²) in [6, 6.07) is 8.08. The Hall–Kier alpha value is -1.92. The van der Waals surface area contributed by atoms with E-state index in [4.69, 9.17) is 0 Å². The van der Waals surface area contributed by atoms with Crippen molar-refractivity contribution >= 4 is 11.8 Å². The minimum atomic E-state index is 0.128. The van der Waals surface area contributed by atoms with Crippen molar-refractivity contribution in [2.45, 2.75) is 32.7 Å². The number of carbonyl (C=O) groups is 2. The van der Waals surface area contributed by atoms with Crippen molar-refractivity contribution in [2.24, 2.45) is 0 Å². The van der Waals surface area contributed by atoms with Crippen LogP contribution < -0.4 is 5.32 Å². The first-order chi connectivity index (χ1) is 13.2. The van der Waals surface area contributed by atoms with Gasteiger partial charge in [0.25, 0.3) is 5.91 Å². The van der Waals surface area contributed by atoms with Crippen LogP contribution in [0.3, 0.4) is 0 Å². The number of rotatable bonds is 7. The maximum Gasteiger partial charge on any atom is 0.253 e. The molecule has 0 spiro atoms. The molecular weight excluding hydrogens is 340 g/mol. The molecule has 27 heavy (non-hydrogen) atoms. The summed E-state index contributed by atoms with van der Waals surface area (Å²) in [5, 5.41) is 2.94. The molecule has 0 bridgehead atoms. The van der Waals surface area contributed by atoms with Crippen molar-refractivity contribution in [1.82, 2.24) is 20.0 Å². The molecule has 0 radical (unpaired) electrons. The van der Waals surface area contributed by atoms with Gasteiger partial charge in [0.2, 0.25) is 5.91 Å². The van der Waals surface area contributed by atoms with E-state index in [9.17, 15) is 9.59 Å². The highest BCUT2D eigenvalue weighted by Gasteiger charge is 2.20. The maximum absolute atomic E-state index is 12.4. The van der Waals surface area contributed by atoms with Gasteiger partial charge < -0.3 is 10.2 Å². The quantitative estimate of drug-likeness (QED) is 0.789. The molecule has 2 fully saturated rings. The lowest BCUT2D eigenvalue weighted by molar-refractivity contribution is -0.122. The number of hydrogen-bond donors (Lipinski definition) is 1. The van der Waals surface area contributed by atoms with Gasteiger partial charge in [-0.2, -0.15) is 0 Å². The Morgan fingerprint density at radius 2 is 1.56 bits per heavy atom. The van der Waals surface area contributed by atoms with Crippen LogP contribution in [0.2, 0.25) is 0 Å². The molecule has 6 nitrogen and oxygen atoms in total. The Bertz CT molecular complexity index is 618. The van der Waals surface area contributed by atoms with Crippen molar-refractivity contribution in [1.29, 1.82) is 0 Å². The average molecular weight is 373 g/mol. The molecule has 1 aromatic rings. The molecular formula is C21H32N4O2. The van der Waals surface area contributed by atoms with E-state index >= 15 is 0 Å². The van der Waals surface area contributed by atoms with Crippen LogP contribution in [-0.4, -0.2) is 78.9 Å². The van der Waals surface area contributed by atoms with E-state index in [1.165, 1.54) is 5.56 Å². The lowest BCUT2D eigenvalue weighted by Gasteiger charge is -2.34. The molecule has 1 aromatic carbocycles. The van der Waals surface area contributed by atoms with E-state index in [1.54, 1.807) is 0 Å². The summed E-state index contributed by atoms with van der Waals surface area (Å²) >= 11 is 0. The molecule has 0 atom stereocenters. The third-order valence-corrected chi connectivity index (χ3v) is 5.40. The van der Waals surface area contributed by atoms with Crippen LogP contribution in [0, 0.1) is 0 Å². The minimum Gasteiger partial charge on any atom is -0.355 e. The second kappa shape index (κ2) is 9.85. The third kappa shape index (κ3) is 5.78. The van der Waals surface area contributed by atoms with E-state index in [0.717, 1.165) is 77.2 Å². The Kier molecular flexibility index (Phi) is 7.24. The van der Waals surface area contributed by atoms with Gasteiger partial charge in [-0.1, -0.05) is 19.1 Å². The summed E-state index contributed by atoms with van der Waals surface area (Å²) in [4.78, 5) is 30.8. The summed E-state index contributed by atoms with van der Waals surface area (Å²) in [5.41, 5.74) is 2.03. The van der Waals surface area contributed by atoms with Crippen molar-refractivity contribution in [3.63, 3.8) is 0 Å². The second-order valence-electron chi connectivity index (χ2n) is 7.60. The summed E-state index contributed by atoms with van der Waals surface area (Å²) in [7, 11) is 0. The van der Waals surface area contributed by atoms with Crippen molar-refractivity contribution in [3.8, 4) is 0 Å². The average Bonchev–Trinajstić information content (AvgIpc) is 3.23. The molecule has 2 aliphatic heterocycles. The molecule has 0 aliphatic carbocycles. The van der Waals surface area contributed by atoms with Gasteiger partial charge in [-0.15, -0.1) is 0 Å². The number of likely N-dealkylation sites (tertiary alicyclic amines) is 1. The standard InChI is InChI=1S/C21H32N4O2/c1-2-9-22-20(26)17-24-14-12-23(13-15-24)16-18-5-7-19(8-6-18)21(27)25-10-3-4-11-25/h5-8H,2-4,9-17H2,1H3,(H,22,26). The first kappa shape index (κ1) is 19.8. The van der Waals surface area contributed by atoms with Gasteiger partial charge >= 0.3 is 0 Å². The van der Waals surface area contributed by atoms with Gasteiger partial charge in [0.1, 0.15) is 0 Å². The fourth-order valence-electron chi connectivity index (χ4n) is 3.74. The molecule has 3 rings (SSSR count). The van der Waals surface area contributed by atoms with E-state index in [-0.39, 0.29) is 11.8 Å². The minimum absolute atomic E-state index is 0.128. The van der Waals surface area contributed by atoms with Crippen molar-refractivity contribution in [2.75, 3.05) is 52.4 Å². The SMILES string of the molecule is CCCNC(=O)CN1CCN(Cc2ccc(C(=O)N3CCCC3)cc2)CC1. The van der Waals surface area contributed by atoms with Gasteiger partial charge in [-0.25, -0.2) is 0 Å². The fourth-order valence-corrected chi connectivity index (χ4v) is 3.74. The first-order valence-corrected chi connectivity index (χ1v) is 10.3. The van der Waals surface area contributed by atoms with Crippen LogP contribution in [0.5, 0.6) is 0 Å². The number of amides is 2. The van der Waals surface area contributed by atoms with Crippen molar-refractivity contribution < 1.29 is 9.59 Å². The van der Waals surface area contributed by atoms with Crippen LogP contribution in [0.25, 0.3) is 0 Å². The summed E-state index contributed by atoms with van der Waals surface area (Å²) in [6.07, 6.45) is 3.22. The zero-order valence-corrected chi connectivity index (χ0v) is 16.5. The molecule has 0 aromatic heterocycles. The number of nitrogens with zero attached hydrogens (tertiary/aromatic N) is 3. The molecule has 2 heterocycles. The first-order valence-electron chi connectivity index (χ1n) is 10.3. The van der Waals surface area contributed by atoms with E-state index in [2.05, 4.69) is 34.2 Å². The highest BCUT2D eigenvalue weighted by molar-refractivity contribution is 5.94. The predicted molar refractivity (Wildman–Crippen MR) is 107 cm³/mol. The smallest absolute Gasteiger partial charge is 0.253 e. The molecule has 0 saturated carbocycles. The Labute approximate surface area is 162 Å². The molecule has 6 heteroatoms. The molecule has 2 aliphatic rings. The van der Waals surface area contributed by atoms with Gasteiger partial charge in [0, 0.05) is 57.9 Å². The van der Waals surface area contributed by atoms with Crippen LogP contribution >= 0.6 is 0 Å². The maximum atomic E-state index is 12.4. The van der Waals surface area contributed by atoms with Crippen molar-refractivity contribution in [3.05, 3.63) is 35.4 Å².